The number of aromatic nitrogens is 2. The van der Waals surface area contributed by atoms with Gasteiger partial charge in [-0.25, -0.2) is 27.5 Å². The van der Waals surface area contributed by atoms with Gasteiger partial charge in [-0.15, -0.1) is 0 Å². The fourth-order valence-corrected chi connectivity index (χ4v) is 3.85. The van der Waals surface area contributed by atoms with E-state index in [1.165, 1.54) is 36.5 Å². The summed E-state index contributed by atoms with van der Waals surface area (Å²) in [5.41, 5.74) is 6.53. The zero-order valence-corrected chi connectivity index (χ0v) is 17.5. The van der Waals surface area contributed by atoms with Crippen molar-refractivity contribution in [3.8, 4) is 17.3 Å². The molecule has 0 fully saturated rings. The highest BCUT2D eigenvalue weighted by atomic mass is 32.2. The van der Waals surface area contributed by atoms with Gasteiger partial charge in [0, 0.05) is 18.9 Å². The van der Waals surface area contributed by atoms with Crippen molar-refractivity contribution >= 4 is 27.5 Å². The van der Waals surface area contributed by atoms with E-state index >= 15 is 0 Å². The number of ketones is 1. The topological polar surface area (TPSA) is 156 Å². The van der Waals surface area contributed by atoms with Crippen molar-refractivity contribution in [3.05, 3.63) is 71.3 Å². The number of nitrogen functional groups attached to an aromatic ring is 1. The van der Waals surface area contributed by atoms with Crippen LogP contribution in [-0.2, 0) is 21.2 Å². The lowest BCUT2D eigenvalue weighted by molar-refractivity contribution is -0.117. The van der Waals surface area contributed by atoms with Gasteiger partial charge in [0.1, 0.15) is 11.5 Å². The molecule has 0 saturated heterocycles. The number of carbonyl (C=O) groups excluding carboxylic acids is 2. The first-order valence-corrected chi connectivity index (χ1v) is 10.6. The number of amides is 1. The van der Waals surface area contributed by atoms with Gasteiger partial charge in [0.2, 0.25) is 5.91 Å². The van der Waals surface area contributed by atoms with Crippen LogP contribution in [0.3, 0.4) is 0 Å². The quantitative estimate of drug-likeness (QED) is 0.537. The molecule has 11 heteroatoms. The van der Waals surface area contributed by atoms with Crippen LogP contribution in [0.15, 0.2) is 53.6 Å². The van der Waals surface area contributed by atoms with Gasteiger partial charge < -0.3 is 5.73 Å². The van der Waals surface area contributed by atoms with Crippen LogP contribution in [0.25, 0.3) is 11.3 Å². The van der Waals surface area contributed by atoms with Crippen molar-refractivity contribution in [3.63, 3.8) is 0 Å². The Morgan fingerprint density at radius 2 is 1.88 bits per heavy atom. The lowest BCUT2D eigenvalue weighted by Gasteiger charge is -2.09. The number of halogens is 1. The third-order valence-electron chi connectivity index (χ3n) is 4.32. The van der Waals surface area contributed by atoms with Crippen molar-refractivity contribution < 1.29 is 22.4 Å². The van der Waals surface area contributed by atoms with Crippen LogP contribution >= 0.6 is 0 Å². The molecule has 0 unspecified atom stereocenters. The molecule has 0 aliphatic heterocycles. The van der Waals surface area contributed by atoms with Crippen LogP contribution in [0, 0.1) is 17.1 Å². The number of hydrogen-bond acceptors (Lipinski definition) is 8. The van der Waals surface area contributed by atoms with E-state index in [0.29, 0.717) is 5.56 Å². The van der Waals surface area contributed by atoms with E-state index in [0.717, 1.165) is 19.1 Å². The van der Waals surface area contributed by atoms with Crippen molar-refractivity contribution in [2.75, 3.05) is 5.73 Å². The Kier molecular flexibility index (Phi) is 6.27. The zero-order valence-electron chi connectivity index (χ0n) is 16.7. The Morgan fingerprint density at radius 1 is 1.19 bits per heavy atom. The fraction of sp³-hybridized carbons (Fsp3) is 0.0952. The SMILES string of the molecule is CC(=O)NS(=O)(=O)c1ccc(CC(=O)c2nc(-c3cc(F)ccc3C#N)cnc2N)cc1. The summed E-state index contributed by atoms with van der Waals surface area (Å²) in [6.07, 6.45) is 1.07. The maximum absolute atomic E-state index is 13.7. The average Bonchev–Trinajstić information content (AvgIpc) is 2.73. The molecule has 0 aliphatic rings. The Labute approximate surface area is 182 Å². The maximum atomic E-state index is 13.7. The second-order valence-electron chi connectivity index (χ2n) is 6.70. The van der Waals surface area contributed by atoms with Crippen LogP contribution in [0.4, 0.5) is 10.2 Å². The molecule has 0 radical (unpaired) electrons. The van der Waals surface area contributed by atoms with Crippen molar-refractivity contribution in [2.24, 2.45) is 0 Å². The molecule has 162 valence electrons. The number of nitrogens with one attached hydrogen (secondary N) is 1. The molecular formula is C21H16FN5O4S. The molecule has 3 rings (SSSR count). The van der Waals surface area contributed by atoms with Gasteiger partial charge in [-0.1, -0.05) is 12.1 Å². The van der Waals surface area contributed by atoms with Gasteiger partial charge in [0.15, 0.2) is 11.6 Å². The lowest BCUT2D eigenvalue weighted by atomic mass is 10.0. The molecule has 0 atom stereocenters. The number of Topliss-reactive ketones (excluding diaryl/α,β-unsaturated/α-hetero) is 1. The predicted molar refractivity (Wildman–Crippen MR) is 112 cm³/mol. The minimum Gasteiger partial charge on any atom is -0.382 e. The number of rotatable bonds is 6. The van der Waals surface area contributed by atoms with Gasteiger partial charge in [-0.3, -0.25) is 9.59 Å². The first-order chi connectivity index (χ1) is 15.1. The second-order valence-corrected chi connectivity index (χ2v) is 8.38. The highest BCUT2D eigenvalue weighted by molar-refractivity contribution is 7.90. The number of carbonyl (C=O) groups is 2. The monoisotopic (exact) mass is 453 g/mol. The summed E-state index contributed by atoms with van der Waals surface area (Å²) < 4.78 is 39.5. The van der Waals surface area contributed by atoms with E-state index in [1.807, 2.05) is 10.8 Å². The molecule has 1 heterocycles. The summed E-state index contributed by atoms with van der Waals surface area (Å²) >= 11 is 0. The van der Waals surface area contributed by atoms with Gasteiger partial charge in [-0.05, 0) is 35.9 Å². The maximum Gasteiger partial charge on any atom is 0.264 e. The summed E-state index contributed by atoms with van der Waals surface area (Å²) in [5, 5.41) is 9.25. The molecule has 3 N–H and O–H groups in total. The average molecular weight is 453 g/mol. The molecule has 2 aromatic carbocycles. The fourth-order valence-electron chi connectivity index (χ4n) is 2.86. The highest BCUT2D eigenvalue weighted by Crippen LogP contribution is 2.24. The largest absolute Gasteiger partial charge is 0.382 e. The first-order valence-electron chi connectivity index (χ1n) is 9.09. The standard InChI is InChI=1S/C21H16FN5O4S/c1-12(28)27-32(30,31)16-6-2-13(3-7-16)8-19(29)20-21(24)25-11-18(26-20)17-9-15(22)5-4-14(17)10-23/h2-7,9,11H,8H2,1H3,(H2,24,25)(H,27,28). The first kappa shape index (κ1) is 22.5. The number of nitrogens with zero attached hydrogens (tertiary/aromatic N) is 3. The highest BCUT2D eigenvalue weighted by Gasteiger charge is 2.19. The van der Waals surface area contributed by atoms with E-state index in [4.69, 9.17) is 5.73 Å². The molecule has 3 aromatic rings. The van der Waals surface area contributed by atoms with Crippen LogP contribution in [-0.4, -0.2) is 30.1 Å². The summed E-state index contributed by atoms with van der Waals surface area (Å²) in [7, 11) is -3.99. The minimum atomic E-state index is -3.99. The smallest absolute Gasteiger partial charge is 0.264 e. The van der Waals surface area contributed by atoms with E-state index in [9.17, 15) is 27.7 Å². The number of nitrogens with two attached hydrogens (primary N) is 1. The van der Waals surface area contributed by atoms with E-state index in [1.54, 1.807) is 0 Å². The van der Waals surface area contributed by atoms with Crippen LogP contribution in [0.5, 0.6) is 0 Å². The van der Waals surface area contributed by atoms with Crippen LogP contribution in [0.2, 0.25) is 0 Å². The Bertz CT molecular complexity index is 1370. The normalized spacial score (nSPS) is 10.9. The third-order valence-corrected chi connectivity index (χ3v) is 5.77. The van der Waals surface area contributed by atoms with E-state index < -0.39 is 27.5 Å². The van der Waals surface area contributed by atoms with Crippen molar-refractivity contribution in [2.45, 2.75) is 18.2 Å². The molecule has 32 heavy (non-hydrogen) atoms. The van der Waals surface area contributed by atoms with E-state index in [-0.39, 0.29) is 39.6 Å². The number of nitriles is 1. The number of anilines is 1. The summed E-state index contributed by atoms with van der Waals surface area (Å²) in [6, 6.07) is 10.8. The van der Waals surface area contributed by atoms with Crippen LogP contribution < -0.4 is 10.5 Å². The summed E-state index contributed by atoms with van der Waals surface area (Å²) in [4.78, 5) is 31.8. The summed E-state index contributed by atoms with van der Waals surface area (Å²) in [6.45, 7) is 1.08. The second kappa shape index (κ2) is 8.91. The summed E-state index contributed by atoms with van der Waals surface area (Å²) in [5.74, 6) is -1.96. The molecule has 9 nitrogen and oxygen atoms in total. The van der Waals surface area contributed by atoms with Gasteiger partial charge in [0.25, 0.3) is 10.0 Å². The van der Waals surface area contributed by atoms with Crippen LogP contribution in [0.1, 0.15) is 28.5 Å². The van der Waals surface area contributed by atoms with Crippen molar-refractivity contribution in [1.29, 1.82) is 5.26 Å². The molecule has 1 aromatic heterocycles. The number of hydrogen-bond donors (Lipinski definition) is 2. The predicted octanol–water partition coefficient (Wildman–Crippen LogP) is 1.99. The molecule has 0 spiro atoms. The number of benzene rings is 2. The van der Waals surface area contributed by atoms with Gasteiger partial charge in [0.05, 0.1) is 28.4 Å². The Balaban J connectivity index is 1.88. The van der Waals surface area contributed by atoms with Crippen molar-refractivity contribution in [1.82, 2.24) is 14.7 Å². The molecule has 0 bridgehead atoms. The Hall–Kier alpha value is -4.17. The third kappa shape index (κ3) is 4.93. The van der Waals surface area contributed by atoms with E-state index in [2.05, 4.69) is 9.97 Å². The zero-order chi connectivity index (χ0) is 23.5. The molecule has 1 amide bonds. The minimum absolute atomic E-state index is 0.107. The Morgan fingerprint density at radius 3 is 2.50 bits per heavy atom. The molecule has 0 aliphatic carbocycles. The number of sulfonamides is 1. The molecule has 0 saturated carbocycles. The van der Waals surface area contributed by atoms with Gasteiger partial charge >= 0.3 is 0 Å². The lowest BCUT2D eigenvalue weighted by Crippen LogP contribution is -2.28. The van der Waals surface area contributed by atoms with Gasteiger partial charge in [-0.2, -0.15) is 5.26 Å². The molecular weight excluding hydrogens is 437 g/mol.